The monoisotopic (exact) mass is 252 g/mol. The molecular formula is C15H24O3. The maximum atomic E-state index is 12.3. The first-order valence-corrected chi connectivity index (χ1v) is 7.07. The average molecular weight is 252 g/mol. The van der Waals surface area contributed by atoms with Gasteiger partial charge in [0.15, 0.2) is 0 Å². The second kappa shape index (κ2) is 3.12. The lowest BCUT2D eigenvalue weighted by molar-refractivity contribution is -0.391. The molecule has 0 amide bonds. The lowest BCUT2D eigenvalue weighted by Crippen LogP contribution is -2.72. The zero-order chi connectivity index (χ0) is 13.4. The van der Waals surface area contributed by atoms with Crippen LogP contribution in [-0.2, 0) is 14.3 Å². The molecule has 2 aliphatic carbocycles. The van der Waals surface area contributed by atoms with E-state index < -0.39 is 5.79 Å². The van der Waals surface area contributed by atoms with Gasteiger partial charge in [-0.05, 0) is 31.1 Å². The summed E-state index contributed by atoms with van der Waals surface area (Å²) < 4.78 is 12.1. The molecule has 4 atom stereocenters. The average Bonchev–Trinajstić information content (AvgIpc) is 2.42. The first-order valence-electron chi connectivity index (χ1n) is 7.07. The Morgan fingerprint density at radius 3 is 2.44 bits per heavy atom. The van der Waals surface area contributed by atoms with Gasteiger partial charge >= 0.3 is 5.97 Å². The minimum Gasteiger partial charge on any atom is -0.432 e. The highest BCUT2D eigenvalue weighted by Gasteiger charge is 2.74. The molecule has 3 fully saturated rings. The van der Waals surface area contributed by atoms with Gasteiger partial charge in [-0.15, -0.1) is 0 Å². The molecule has 1 saturated heterocycles. The van der Waals surface area contributed by atoms with E-state index in [1.165, 1.54) is 12.8 Å². The van der Waals surface area contributed by atoms with Crippen molar-refractivity contribution < 1.29 is 14.3 Å². The molecule has 0 bridgehead atoms. The van der Waals surface area contributed by atoms with Crippen molar-refractivity contribution in [1.29, 1.82) is 0 Å². The van der Waals surface area contributed by atoms with Crippen LogP contribution in [0.4, 0.5) is 0 Å². The summed E-state index contributed by atoms with van der Waals surface area (Å²) >= 11 is 0. The molecule has 2 saturated carbocycles. The smallest absolute Gasteiger partial charge is 0.314 e. The first-order chi connectivity index (χ1) is 8.14. The standard InChI is InChI=1S/C15H24O3/c1-12(2,3)14(5)17-11(16)10-9-13(4)7-6-8-15(10,13)18-14/h10H,6-9H2,1-5H3/t10-,13+,14-,15-/m0/s1. The molecule has 3 aliphatic rings. The fourth-order valence-electron chi connectivity index (χ4n) is 4.07. The summed E-state index contributed by atoms with van der Waals surface area (Å²) in [5.41, 5.74) is -0.268. The van der Waals surface area contributed by atoms with E-state index in [1.807, 2.05) is 6.92 Å². The van der Waals surface area contributed by atoms with Crippen LogP contribution in [0, 0.1) is 16.7 Å². The van der Waals surface area contributed by atoms with Crippen molar-refractivity contribution in [2.24, 2.45) is 16.7 Å². The van der Waals surface area contributed by atoms with Crippen molar-refractivity contribution in [3.8, 4) is 0 Å². The molecule has 0 unspecified atom stereocenters. The van der Waals surface area contributed by atoms with Crippen molar-refractivity contribution in [3.63, 3.8) is 0 Å². The molecule has 18 heavy (non-hydrogen) atoms. The second-order valence-electron chi connectivity index (χ2n) is 7.78. The molecule has 1 aliphatic heterocycles. The van der Waals surface area contributed by atoms with Crippen LogP contribution in [0.3, 0.4) is 0 Å². The first kappa shape index (κ1) is 12.5. The predicted molar refractivity (Wildman–Crippen MR) is 67.8 cm³/mol. The molecule has 3 heteroatoms. The number of ether oxygens (including phenoxy) is 2. The number of hydrogen-bond acceptors (Lipinski definition) is 3. The maximum Gasteiger partial charge on any atom is 0.314 e. The Balaban J connectivity index is 2.00. The van der Waals surface area contributed by atoms with E-state index in [2.05, 4.69) is 27.7 Å². The summed E-state index contributed by atoms with van der Waals surface area (Å²) in [6.07, 6.45) is 4.29. The predicted octanol–water partition coefficient (Wildman–Crippen LogP) is 3.27. The molecule has 0 radical (unpaired) electrons. The highest BCUT2D eigenvalue weighted by Crippen LogP contribution is 2.69. The number of esters is 1. The summed E-state index contributed by atoms with van der Waals surface area (Å²) in [6.45, 7) is 10.4. The van der Waals surface area contributed by atoms with Gasteiger partial charge in [0.05, 0.1) is 11.5 Å². The number of cyclic esters (lactones) is 1. The fraction of sp³-hybridized carbons (Fsp3) is 0.933. The summed E-state index contributed by atoms with van der Waals surface area (Å²) in [4.78, 5) is 12.3. The quantitative estimate of drug-likeness (QED) is 0.621. The van der Waals surface area contributed by atoms with Gasteiger partial charge in [0.1, 0.15) is 0 Å². The van der Waals surface area contributed by atoms with Crippen LogP contribution >= 0.6 is 0 Å². The zero-order valence-electron chi connectivity index (χ0n) is 12.1. The van der Waals surface area contributed by atoms with Crippen molar-refractivity contribution in [3.05, 3.63) is 0 Å². The minimum absolute atomic E-state index is 0.0274. The molecule has 102 valence electrons. The molecular weight excluding hydrogens is 228 g/mol. The lowest BCUT2D eigenvalue weighted by Gasteiger charge is -2.65. The normalized spacial score (nSPS) is 51.2. The Morgan fingerprint density at radius 2 is 1.89 bits per heavy atom. The largest absolute Gasteiger partial charge is 0.432 e. The molecule has 3 rings (SSSR count). The zero-order valence-corrected chi connectivity index (χ0v) is 12.1. The SMILES string of the molecule is CC(C)(C)[C@@]1(C)OC(=O)[C@@H]2C[C@@]3(C)CCC[C@]23O1. The third-order valence-corrected chi connectivity index (χ3v) is 5.84. The van der Waals surface area contributed by atoms with Crippen molar-refractivity contribution in [2.45, 2.75) is 71.7 Å². The molecule has 0 aromatic rings. The minimum atomic E-state index is -0.799. The van der Waals surface area contributed by atoms with Gasteiger partial charge in [0.2, 0.25) is 5.79 Å². The maximum absolute atomic E-state index is 12.3. The molecule has 0 aromatic heterocycles. The Kier molecular flexibility index (Phi) is 2.16. The van der Waals surface area contributed by atoms with Crippen LogP contribution in [0.2, 0.25) is 0 Å². The van der Waals surface area contributed by atoms with Gasteiger partial charge in [0.25, 0.3) is 0 Å². The van der Waals surface area contributed by atoms with Crippen LogP contribution < -0.4 is 0 Å². The van der Waals surface area contributed by atoms with Gasteiger partial charge in [-0.25, -0.2) is 0 Å². The van der Waals surface area contributed by atoms with E-state index in [9.17, 15) is 4.79 Å². The third kappa shape index (κ3) is 1.21. The van der Waals surface area contributed by atoms with Crippen molar-refractivity contribution in [1.82, 2.24) is 0 Å². The van der Waals surface area contributed by atoms with Gasteiger partial charge in [-0.1, -0.05) is 27.7 Å². The number of carbonyl (C=O) groups excluding carboxylic acids is 1. The Morgan fingerprint density at radius 1 is 1.22 bits per heavy atom. The molecule has 3 nitrogen and oxygen atoms in total. The van der Waals surface area contributed by atoms with E-state index in [-0.39, 0.29) is 28.3 Å². The topological polar surface area (TPSA) is 35.5 Å². The third-order valence-electron chi connectivity index (χ3n) is 5.84. The summed E-state index contributed by atoms with van der Waals surface area (Å²) in [6, 6.07) is 0. The number of carbonyl (C=O) groups is 1. The Labute approximate surface area is 109 Å². The highest BCUT2D eigenvalue weighted by molar-refractivity contribution is 5.77. The van der Waals surface area contributed by atoms with Gasteiger partial charge < -0.3 is 9.47 Å². The second-order valence-corrected chi connectivity index (χ2v) is 7.78. The summed E-state index contributed by atoms with van der Waals surface area (Å²) in [5.74, 6) is -0.870. The molecule has 1 spiro atoms. The summed E-state index contributed by atoms with van der Waals surface area (Å²) in [5, 5.41) is 0. The van der Waals surface area contributed by atoms with E-state index in [4.69, 9.17) is 9.47 Å². The van der Waals surface area contributed by atoms with Crippen LogP contribution in [0.15, 0.2) is 0 Å². The lowest BCUT2D eigenvalue weighted by atomic mass is 9.52. The van der Waals surface area contributed by atoms with E-state index in [0.717, 1.165) is 12.8 Å². The van der Waals surface area contributed by atoms with E-state index in [0.29, 0.717) is 0 Å². The fourth-order valence-corrected chi connectivity index (χ4v) is 4.07. The van der Waals surface area contributed by atoms with Crippen LogP contribution in [-0.4, -0.2) is 17.4 Å². The van der Waals surface area contributed by atoms with Gasteiger partial charge in [0, 0.05) is 12.3 Å². The van der Waals surface area contributed by atoms with Gasteiger partial charge in [-0.2, -0.15) is 0 Å². The summed E-state index contributed by atoms with van der Waals surface area (Å²) in [7, 11) is 0. The Hall–Kier alpha value is -0.570. The van der Waals surface area contributed by atoms with Crippen LogP contribution in [0.25, 0.3) is 0 Å². The Bertz CT molecular complexity index is 410. The van der Waals surface area contributed by atoms with E-state index in [1.54, 1.807) is 0 Å². The van der Waals surface area contributed by atoms with Crippen LogP contribution in [0.5, 0.6) is 0 Å². The van der Waals surface area contributed by atoms with Crippen molar-refractivity contribution >= 4 is 5.97 Å². The molecule has 0 N–H and O–H groups in total. The van der Waals surface area contributed by atoms with Gasteiger partial charge in [-0.3, -0.25) is 4.79 Å². The molecule has 1 heterocycles. The van der Waals surface area contributed by atoms with Crippen molar-refractivity contribution in [2.75, 3.05) is 0 Å². The number of rotatable bonds is 0. The number of hydrogen-bond donors (Lipinski definition) is 0. The highest BCUT2D eigenvalue weighted by atomic mass is 16.7. The molecule has 0 aromatic carbocycles. The van der Waals surface area contributed by atoms with E-state index >= 15 is 0 Å². The van der Waals surface area contributed by atoms with Crippen LogP contribution in [0.1, 0.15) is 60.3 Å².